The Labute approximate surface area is 178 Å². The summed E-state index contributed by atoms with van der Waals surface area (Å²) in [5, 5.41) is 16.4. The van der Waals surface area contributed by atoms with Crippen molar-refractivity contribution >= 4 is 27.9 Å². The van der Waals surface area contributed by atoms with Crippen molar-refractivity contribution < 1.29 is 28.8 Å². The third-order valence-electron chi connectivity index (χ3n) is 4.56. The molecule has 3 rings (SSSR count). The van der Waals surface area contributed by atoms with Crippen molar-refractivity contribution in [2.75, 3.05) is 33.8 Å². The lowest BCUT2D eigenvalue weighted by Crippen LogP contribution is -2.08. The highest BCUT2D eigenvalue weighted by Crippen LogP contribution is 2.45. The second kappa shape index (κ2) is 9.33. The summed E-state index contributed by atoms with van der Waals surface area (Å²) in [4.78, 5) is 13.1. The first-order chi connectivity index (χ1) is 14.5. The molecule has 1 amide bonds. The van der Waals surface area contributed by atoms with Crippen LogP contribution in [0.15, 0.2) is 12.1 Å². The number of benzene rings is 1. The van der Waals surface area contributed by atoms with E-state index in [2.05, 4.69) is 10.4 Å². The topological polar surface area (TPSA) is 104 Å². The van der Waals surface area contributed by atoms with Crippen molar-refractivity contribution in [3.8, 4) is 22.8 Å². The van der Waals surface area contributed by atoms with Crippen molar-refractivity contribution in [2.24, 2.45) is 0 Å². The van der Waals surface area contributed by atoms with Gasteiger partial charge in [0.15, 0.2) is 0 Å². The normalized spacial score (nSPS) is 11.1. The molecule has 0 aliphatic carbocycles. The van der Waals surface area contributed by atoms with Crippen LogP contribution >= 0.6 is 11.3 Å². The molecule has 0 aliphatic heterocycles. The molecule has 0 spiro atoms. The predicted molar refractivity (Wildman–Crippen MR) is 114 cm³/mol. The minimum Gasteiger partial charge on any atom is -0.496 e. The summed E-state index contributed by atoms with van der Waals surface area (Å²) in [6, 6.07) is 3.81. The number of ether oxygens (including phenoxy) is 4. The fourth-order valence-electron chi connectivity index (χ4n) is 3.38. The summed E-state index contributed by atoms with van der Waals surface area (Å²) in [6.07, 6.45) is -0.434. The molecule has 9 nitrogen and oxygen atoms in total. The fourth-order valence-corrected chi connectivity index (χ4v) is 4.53. The summed E-state index contributed by atoms with van der Waals surface area (Å²) >= 11 is 1.47. The highest BCUT2D eigenvalue weighted by molar-refractivity contribution is 7.18. The molecule has 0 bridgehead atoms. The Balaban J connectivity index is 2.34. The maximum absolute atomic E-state index is 11.4. The Kier molecular flexibility index (Phi) is 6.80. The molecule has 162 valence electrons. The summed E-state index contributed by atoms with van der Waals surface area (Å²) in [7, 11) is 6.36. The monoisotopic (exact) mass is 435 g/mol. The van der Waals surface area contributed by atoms with Gasteiger partial charge in [0.1, 0.15) is 27.7 Å². The van der Waals surface area contributed by atoms with Crippen molar-refractivity contribution in [1.82, 2.24) is 9.61 Å². The largest absolute Gasteiger partial charge is 0.496 e. The first-order valence-electron chi connectivity index (χ1n) is 9.25. The van der Waals surface area contributed by atoms with Gasteiger partial charge >= 0.3 is 6.09 Å². The number of anilines is 1. The smallest absolute Gasteiger partial charge is 0.409 e. The van der Waals surface area contributed by atoms with E-state index in [1.54, 1.807) is 25.8 Å². The van der Waals surface area contributed by atoms with Crippen LogP contribution in [0.1, 0.15) is 23.1 Å². The summed E-state index contributed by atoms with van der Waals surface area (Å²) in [5.41, 5.74) is 3.38. The van der Waals surface area contributed by atoms with Gasteiger partial charge in [-0.1, -0.05) is 6.92 Å². The molecule has 1 aromatic carbocycles. The van der Waals surface area contributed by atoms with Gasteiger partial charge in [-0.3, -0.25) is 5.32 Å². The van der Waals surface area contributed by atoms with Gasteiger partial charge in [0, 0.05) is 19.1 Å². The average molecular weight is 436 g/mol. The van der Waals surface area contributed by atoms with Crippen molar-refractivity contribution in [2.45, 2.75) is 26.6 Å². The van der Waals surface area contributed by atoms with E-state index >= 15 is 0 Å². The minimum atomic E-state index is -1.16. The molecule has 2 heterocycles. The van der Waals surface area contributed by atoms with Crippen LogP contribution in [-0.2, 0) is 29.1 Å². The van der Waals surface area contributed by atoms with E-state index < -0.39 is 6.09 Å². The van der Waals surface area contributed by atoms with Gasteiger partial charge < -0.3 is 24.1 Å². The van der Waals surface area contributed by atoms with Gasteiger partial charge in [-0.25, -0.2) is 9.31 Å². The second-order valence-electron chi connectivity index (χ2n) is 6.44. The van der Waals surface area contributed by atoms with Gasteiger partial charge in [-0.15, -0.1) is 11.3 Å². The van der Waals surface area contributed by atoms with E-state index in [1.807, 2.05) is 19.1 Å². The first kappa shape index (κ1) is 21.9. The van der Waals surface area contributed by atoms with E-state index in [1.165, 1.54) is 18.4 Å². The number of carboxylic acid groups (broad SMARTS) is 1. The Hall–Kier alpha value is -2.82. The van der Waals surface area contributed by atoms with Crippen LogP contribution in [0.3, 0.4) is 0 Å². The fraction of sp³-hybridized carbons (Fsp3) is 0.400. The van der Waals surface area contributed by atoms with Crippen LogP contribution in [-0.4, -0.2) is 49.3 Å². The van der Waals surface area contributed by atoms with Crippen LogP contribution in [0.5, 0.6) is 11.5 Å². The molecular formula is C20H25N3O6S. The molecule has 2 aromatic heterocycles. The van der Waals surface area contributed by atoms with Gasteiger partial charge in [0.25, 0.3) is 0 Å². The highest BCUT2D eigenvalue weighted by atomic mass is 32.1. The summed E-state index contributed by atoms with van der Waals surface area (Å²) in [5.74, 6) is 1.24. The van der Waals surface area contributed by atoms with Gasteiger partial charge in [-0.2, -0.15) is 5.10 Å². The number of amides is 1. The van der Waals surface area contributed by atoms with Gasteiger partial charge in [0.05, 0.1) is 38.7 Å². The van der Waals surface area contributed by atoms with E-state index in [0.717, 1.165) is 28.1 Å². The Bertz CT molecular complexity index is 1030. The lowest BCUT2D eigenvalue weighted by atomic mass is 10.0. The van der Waals surface area contributed by atoms with Crippen LogP contribution in [0, 0.1) is 0 Å². The quantitative estimate of drug-likeness (QED) is 0.523. The maximum atomic E-state index is 11.4. The third kappa shape index (κ3) is 3.93. The number of methoxy groups -OCH3 is 4. The number of aromatic nitrogens is 2. The number of thiazole rings is 1. The predicted octanol–water partition coefficient (Wildman–Crippen LogP) is 4.03. The van der Waals surface area contributed by atoms with Gasteiger partial charge in [0.2, 0.25) is 0 Å². The lowest BCUT2D eigenvalue weighted by Gasteiger charge is -2.16. The molecule has 0 saturated heterocycles. The molecule has 30 heavy (non-hydrogen) atoms. The molecule has 2 N–H and O–H groups in total. The number of hydrogen-bond acceptors (Lipinski definition) is 7. The van der Waals surface area contributed by atoms with Crippen molar-refractivity contribution in [1.29, 1.82) is 0 Å². The summed E-state index contributed by atoms with van der Waals surface area (Å²) in [6.45, 7) is 2.62. The molecule has 0 unspecified atom stereocenters. The molecular weight excluding hydrogens is 410 g/mol. The Morgan fingerprint density at radius 3 is 2.27 bits per heavy atom. The van der Waals surface area contributed by atoms with Crippen LogP contribution in [0.4, 0.5) is 10.5 Å². The molecule has 0 radical (unpaired) electrons. The third-order valence-corrected chi connectivity index (χ3v) is 5.86. The number of fused-ring (bicyclic) bond motifs is 1. The van der Waals surface area contributed by atoms with E-state index in [-0.39, 0.29) is 6.61 Å². The van der Waals surface area contributed by atoms with E-state index in [4.69, 9.17) is 18.9 Å². The van der Waals surface area contributed by atoms with E-state index in [0.29, 0.717) is 34.3 Å². The van der Waals surface area contributed by atoms with Gasteiger partial charge in [-0.05, 0) is 24.1 Å². The number of carbonyl (C=O) groups is 1. The second-order valence-corrected chi connectivity index (χ2v) is 7.52. The average Bonchev–Trinajstić information content (AvgIpc) is 3.23. The Morgan fingerprint density at radius 1 is 1.13 bits per heavy atom. The SMILES string of the molecule is CCc1sc2c(NC(=O)O)c(COC)nn2c1-c1c(OC)cc(COC)cc1OC. The number of aryl methyl sites for hydroxylation is 1. The minimum absolute atomic E-state index is 0.173. The zero-order valence-electron chi connectivity index (χ0n) is 17.6. The zero-order valence-corrected chi connectivity index (χ0v) is 18.4. The highest BCUT2D eigenvalue weighted by Gasteiger charge is 2.26. The van der Waals surface area contributed by atoms with E-state index in [9.17, 15) is 9.90 Å². The molecule has 0 fully saturated rings. The van der Waals surface area contributed by atoms with Crippen LogP contribution in [0.25, 0.3) is 16.1 Å². The standard InChI is InChI=1S/C20H25N3O6S/c1-6-15-18(16-13(28-4)7-11(9-26-2)8-14(16)29-5)23-19(30-15)17(21-20(24)25)12(22-23)10-27-3/h7-8,21H,6,9-10H2,1-5H3,(H,24,25). The molecule has 0 atom stereocenters. The number of hydrogen-bond donors (Lipinski definition) is 2. The first-order valence-corrected chi connectivity index (χ1v) is 10.1. The number of rotatable bonds is 9. The number of nitrogens with zero attached hydrogens (tertiary/aromatic N) is 2. The molecule has 10 heteroatoms. The summed E-state index contributed by atoms with van der Waals surface area (Å²) < 4.78 is 23.6. The maximum Gasteiger partial charge on any atom is 0.409 e. The van der Waals surface area contributed by atoms with Crippen LogP contribution in [0.2, 0.25) is 0 Å². The van der Waals surface area contributed by atoms with Crippen LogP contribution < -0.4 is 14.8 Å². The lowest BCUT2D eigenvalue weighted by molar-refractivity contribution is 0.181. The molecule has 3 aromatic rings. The molecule has 0 aliphatic rings. The van der Waals surface area contributed by atoms with Crippen molar-refractivity contribution in [3.05, 3.63) is 28.3 Å². The Morgan fingerprint density at radius 2 is 1.77 bits per heavy atom. The zero-order chi connectivity index (χ0) is 21.8. The number of nitrogens with one attached hydrogen (secondary N) is 1. The molecule has 0 saturated carbocycles. The van der Waals surface area contributed by atoms with Crippen molar-refractivity contribution in [3.63, 3.8) is 0 Å².